The molecular weight excluding hydrogens is 252 g/mol. The molecule has 1 amide bonds. The van der Waals surface area contributed by atoms with Gasteiger partial charge in [0, 0.05) is 5.54 Å². The molecule has 5 rings (SSSR count). The molecule has 0 saturated heterocycles. The van der Waals surface area contributed by atoms with Crippen LogP contribution in [-0.2, 0) is 0 Å². The number of anilines is 1. The van der Waals surface area contributed by atoms with Crippen molar-refractivity contribution in [2.24, 2.45) is 17.8 Å². The third kappa shape index (κ3) is 1.96. The van der Waals surface area contributed by atoms with E-state index in [9.17, 15) is 4.79 Å². The van der Waals surface area contributed by atoms with Crippen molar-refractivity contribution in [3.05, 3.63) is 18.1 Å². The van der Waals surface area contributed by atoms with Crippen LogP contribution in [0.4, 0.5) is 5.82 Å². The highest BCUT2D eigenvalue weighted by Crippen LogP contribution is 2.55. The largest absolute Gasteiger partial charge is 0.382 e. The van der Waals surface area contributed by atoms with Gasteiger partial charge in [-0.1, -0.05) is 0 Å². The molecule has 4 aliphatic carbocycles. The second-order valence-electron chi connectivity index (χ2n) is 6.98. The Bertz CT molecular complexity index is 521. The number of nitrogens with one attached hydrogen (secondary N) is 1. The molecule has 0 aromatic carbocycles. The Kier molecular flexibility index (Phi) is 2.53. The minimum absolute atomic E-state index is 0.0120. The van der Waals surface area contributed by atoms with E-state index in [1.54, 1.807) is 0 Å². The van der Waals surface area contributed by atoms with Crippen LogP contribution in [-0.4, -0.2) is 21.4 Å². The summed E-state index contributed by atoms with van der Waals surface area (Å²) in [5, 5.41) is 3.27. The summed E-state index contributed by atoms with van der Waals surface area (Å²) in [6, 6.07) is 0. The molecule has 4 saturated carbocycles. The number of nitrogens with two attached hydrogens (primary N) is 1. The summed E-state index contributed by atoms with van der Waals surface area (Å²) in [5.74, 6) is 2.62. The first kappa shape index (κ1) is 12.1. The molecule has 0 radical (unpaired) electrons. The summed E-state index contributed by atoms with van der Waals surface area (Å²) in [6.45, 7) is 0. The number of nitrogen functional groups attached to an aromatic ring is 1. The second kappa shape index (κ2) is 4.17. The predicted octanol–water partition coefficient (Wildman–Crippen LogP) is 1.76. The third-order valence-corrected chi connectivity index (χ3v) is 5.30. The second-order valence-corrected chi connectivity index (χ2v) is 6.98. The quantitative estimate of drug-likeness (QED) is 0.859. The maximum absolute atomic E-state index is 12.4. The van der Waals surface area contributed by atoms with Crippen LogP contribution < -0.4 is 11.1 Å². The Morgan fingerprint density at radius 2 is 1.75 bits per heavy atom. The number of aromatic nitrogens is 2. The Morgan fingerprint density at radius 1 is 1.15 bits per heavy atom. The minimum atomic E-state index is -0.119. The van der Waals surface area contributed by atoms with E-state index in [2.05, 4.69) is 15.3 Å². The number of rotatable bonds is 2. The van der Waals surface area contributed by atoms with E-state index in [0.717, 1.165) is 37.0 Å². The van der Waals surface area contributed by atoms with Gasteiger partial charge in [0.2, 0.25) is 0 Å². The summed E-state index contributed by atoms with van der Waals surface area (Å²) in [7, 11) is 0. The predicted molar refractivity (Wildman–Crippen MR) is 74.8 cm³/mol. The molecule has 5 nitrogen and oxygen atoms in total. The first-order valence-electron chi connectivity index (χ1n) is 7.52. The number of carbonyl (C=O) groups is 1. The zero-order valence-corrected chi connectivity index (χ0v) is 11.5. The Labute approximate surface area is 118 Å². The SMILES string of the molecule is Nc1cncc(C(=O)NC23CC4CC(CC(C4)C2)C3)n1. The molecule has 4 bridgehead atoms. The molecule has 20 heavy (non-hydrogen) atoms. The fourth-order valence-electron chi connectivity index (χ4n) is 5.06. The Hall–Kier alpha value is -1.65. The molecule has 1 heterocycles. The third-order valence-electron chi connectivity index (χ3n) is 5.30. The van der Waals surface area contributed by atoms with E-state index in [0.29, 0.717) is 11.5 Å². The molecule has 4 aliphatic rings. The molecule has 5 heteroatoms. The molecule has 0 spiro atoms. The Balaban J connectivity index is 1.55. The topological polar surface area (TPSA) is 80.9 Å². The van der Waals surface area contributed by atoms with Crippen molar-refractivity contribution in [2.45, 2.75) is 44.1 Å². The molecule has 1 aromatic rings. The fourth-order valence-corrected chi connectivity index (χ4v) is 5.06. The van der Waals surface area contributed by atoms with E-state index in [4.69, 9.17) is 5.73 Å². The van der Waals surface area contributed by atoms with Crippen LogP contribution in [0.5, 0.6) is 0 Å². The molecular formula is C15H20N4O. The van der Waals surface area contributed by atoms with Crippen LogP contribution in [0, 0.1) is 17.8 Å². The minimum Gasteiger partial charge on any atom is -0.382 e. The van der Waals surface area contributed by atoms with Crippen LogP contribution >= 0.6 is 0 Å². The lowest BCUT2D eigenvalue weighted by Crippen LogP contribution is -2.59. The van der Waals surface area contributed by atoms with Crippen LogP contribution in [0.25, 0.3) is 0 Å². The highest BCUT2D eigenvalue weighted by atomic mass is 16.2. The van der Waals surface area contributed by atoms with E-state index in [-0.39, 0.29) is 11.4 Å². The molecule has 106 valence electrons. The summed E-state index contributed by atoms with van der Waals surface area (Å²) < 4.78 is 0. The average molecular weight is 272 g/mol. The lowest BCUT2D eigenvalue weighted by Gasteiger charge is -2.56. The molecule has 0 unspecified atom stereocenters. The van der Waals surface area contributed by atoms with Gasteiger partial charge in [0.1, 0.15) is 11.5 Å². The highest BCUT2D eigenvalue weighted by molar-refractivity contribution is 5.92. The van der Waals surface area contributed by atoms with E-state index >= 15 is 0 Å². The van der Waals surface area contributed by atoms with Gasteiger partial charge in [-0.3, -0.25) is 9.78 Å². The van der Waals surface area contributed by atoms with Crippen LogP contribution in [0.1, 0.15) is 49.0 Å². The first-order chi connectivity index (χ1) is 9.62. The van der Waals surface area contributed by atoms with E-state index in [1.165, 1.54) is 31.7 Å². The number of hydrogen-bond donors (Lipinski definition) is 2. The normalized spacial score (nSPS) is 37.9. The van der Waals surface area contributed by atoms with Gasteiger partial charge < -0.3 is 11.1 Å². The van der Waals surface area contributed by atoms with Crippen molar-refractivity contribution in [1.82, 2.24) is 15.3 Å². The van der Waals surface area contributed by atoms with Crippen molar-refractivity contribution in [1.29, 1.82) is 0 Å². The lowest BCUT2D eigenvalue weighted by atomic mass is 9.53. The van der Waals surface area contributed by atoms with Gasteiger partial charge in [-0.15, -0.1) is 0 Å². The van der Waals surface area contributed by atoms with E-state index in [1.807, 2.05) is 0 Å². The van der Waals surface area contributed by atoms with Crippen LogP contribution in [0.15, 0.2) is 12.4 Å². The molecule has 4 fully saturated rings. The molecule has 3 N–H and O–H groups in total. The number of carbonyl (C=O) groups excluding carboxylic acids is 1. The Morgan fingerprint density at radius 3 is 2.30 bits per heavy atom. The van der Waals surface area contributed by atoms with Gasteiger partial charge in [-0.05, 0) is 56.3 Å². The number of nitrogens with zero attached hydrogens (tertiary/aromatic N) is 2. The standard InChI is InChI=1S/C15H20N4O/c16-13-8-17-7-12(18-13)14(20)19-15-4-9-1-10(5-15)3-11(2-9)6-15/h7-11H,1-6H2,(H2,16,18)(H,19,20). The number of amides is 1. The number of hydrogen-bond acceptors (Lipinski definition) is 4. The molecule has 0 atom stereocenters. The van der Waals surface area contributed by atoms with Gasteiger partial charge in [0.25, 0.3) is 5.91 Å². The van der Waals surface area contributed by atoms with Crippen molar-refractivity contribution < 1.29 is 4.79 Å². The maximum atomic E-state index is 12.4. The zero-order valence-electron chi connectivity index (χ0n) is 11.5. The van der Waals surface area contributed by atoms with Crippen LogP contribution in [0.2, 0.25) is 0 Å². The van der Waals surface area contributed by atoms with Gasteiger partial charge >= 0.3 is 0 Å². The first-order valence-corrected chi connectivity index (χ1v) is 7.52. The van der Waals surface area contributed by atoms with Gasteiger partial charge in [-0.25, -0.2) is 4.98 Å². The van der Waals surface area contributed by atoms with Gasteiger partial charge in [0.05, 0.1) is 12.4 Å². The lowest BCUT2D eigenvalue weighted by molar-refractivity contribution is -0.0167. The summed E-state index contributed by atoms with van der Waals surface area (Å²) in [6.07, 6.45) is 10.5. The zero-order chi connectivity index (χ0) is 13.7. The average Bonchev–Trinajstić information content (AvgIpc) is 2.36. The summed E-state index contributed by atoms with van der Waals surface area (Å²) >= 11 is 0. The smallest absolute Gasteiger partial charge is 0.272 e. The maximum Gasteiger partial charge on any atom is 0.272 e. The van der Waals surface area contributed by atoms with Crippen molar-refractivity contribution in [2.75, 3.05) is 5.73 Å². The van der Waals surface area contributed by atoms with Crippen molar-refractivity contribution >= 4 is 11.7 Å². The highest BCUT2D eigenvalue weighted by Gasteiger charge is 2.51. The van der Waals surface area contributed by atoms with Crippen LogP contribution in [0.3, 0.4) is 0 Å². The van der Waals surface area contributed by atoms with Crippen molar-refractivity contribution in [3.8, 4) is 0 Å². The summed E-state index contributed by atoms with van der Waals surface area (Å²) in [5.41, 5.74) is 5.95. The molecule has 0 aliphatic heterocycles. The van der Waals surface area contributed by atoms with Gasteiger partial charge in [-0.2, -0.15) is 0 Å². The van der Waals surface area contributed by atoms with Gasteiger partial charge in [0.15, 0.2) is 0 Å². The fraction of sp³-hybridized carbons (Fsp3) is 0.667. The molecule has 1 aromatic heterocycles. The van der Waals surface area contributed by atoms with E-state index < -0.39 is 0 Å². The van der Waals surface area contributed by atoms with Crippen molar-refractivity contribution in [3.63, 3.8) is 0 Å². The monoisotopic (exact) mass is 272 g/mol. The summed E-state index contributed by atoms with van der Waals surface area (Å²) in [4.78, 5) is 20.4.